The number of hydrogen-bond acceptors (Lipinski definition) is 3. The lowest BCUT2D eigenvalue weighted by Gasteiger charge is -2.27. The number of fused-ring (bicyclic) bond motifs is 1. The number of likely N-dealkylation sites (tertiary alicyclic amines) is 1. The van der Waals surface area contributed by atoms with Crippen LogP contribution in [-0.4, -0.2) is 47.4 Å². The number of aliphatic hydroxyl groups is 1. The number of anilines is 1. The molecule has 2 N–H and O–H groups in total. The van der Waals surface area contributed by atoms with Crippen molar-refractivity contribution < 1.29 is 19.0 Å². The van der Waals surface area contributed by atoms with Gasteiger partial charge in [0.2, 0.25) is 0 Å². The van der Waals surface area contributed by atoms with E-state index in [0.29, 0.717) is 18.8 Å². The molecule has 0 aliphatic carbocycles. The summed E-state index contributed by atoms with van der Waals surface area (Å²) in [6, 6.07) is 3.84. The molecule has 4 rings (SSSR count). The molecule has 5 nitrogen and oxygen atoms in total. The van der Waals surface area contributed by atoms with Gasteiger partial charge in [0.1, 0.15) is 5.82 Å². The molecule has 124 valence electrons. The lowest BCUT2D eigenvalue weighted by Crippen LogP contribution is -2.38. The van der Waals surface area contributed by atoms with Crippen molar-refractivity contribution in [3.05, 3.63) is 29.0 Å². The van der Waals surface area contributed by atoms with Crippen LogP contribution in [0, 0.1) is 17.7 Å². The first kappa shape index (κ1) is 15.2. The van der Waals surface area contributed by atoms with E-state index in [1.54, 1.807) is 4.90 Å². The van der Waals surface area contributed by atoms with E-state index in [1.165, 1.54) is 18.2 Å². The van der Waals surface area contributed by atoms with Gasteiger partial charge in [0.05, 0.1) is 23.3 Å². The quantitative estimate of drug-likeness (QED) is 0.869. The van der Waals surface area contributed by atoms with Crippen molar-refractivity contribution in [2.45, 2.75) is 24.5 Å². The minimum Gasteiger partial charge on any atom is -0.396 e. The first-order valence-corrected chi connectivity index (χ1v) is 8.20. The molecule has 3 fully saturated rings. The number of rotatable bonds is 2. The highest BCUT2D eigenvalue weighted by atomic mass is 35.5. The Morgan fingerprint density at radius 1 is 1.57 bits per heavy atom. The molecule has 23 heavy (non-hydrogen) atoms. The number of hydrogen-bond donors (Lipinski definition) is 2. The monoisotopic (exact) mass is 340 g/mol. The van der Waals surface area contributed by atoms with Crippen LogP contribution in [0.4, 0.5) is 14.9 Å². The number of halogens is 2. The smallest absolute Gasteiger partial charge is 0.321 e. The zero-order valence-corrected chi connectivity index (χ0v) is 13.2. The van der Waals surface area contributed by atoms with Gasteiger partial charge in [-0.15, -0.1) is 0 Å². The summed E-state index contributed by atoms with van der Waals surface area (Å²) in [6.45, 7) is 1.20. The molecule has 4 atom stereocenters. The maximum Gasteiger partial charge on any atom is 0.321 e. The third-order valence-electron chi connectivity index (χ3n) is 5.45. The minimum atomic E-state index is -0.518. The lowest BCUT2D eigenvalue weighted by atomic mass is 9.74. The van der Waals surface area contributed by atoms with Gasteiger partial charge >= 0.3 is 6.03 Å². The molecule has 0 aromatic heterocycles. The van der Waals surface area contributed by atoms with Crippen LogP contribution >= 0.6 is 11.6 Å². The second-order valence-corrected chi connectivity index (χ2v) is 7.06. The van der Waals surface area contributed by atoms with Gasteiger partial charge in [-0.1, -0.05) is 11.6 Å². The van der Waals surface area contributed by atoms with Gasteiger partial charge < -0.3 is 20.1 Å². The molecule has 7 heteroatoms. The maximum atomic E-state index is 13.2. The highest BCUT2D eigenvalue weighted by Crippen LogP contribution is 2.54. The average Bonchev–Trinajstić information content (AvgIpc) is 3.18. The molecule has 2 amide bonds. The van der Waals surface area contributed by atoms with E-state index >= 15 is 0 Å². The van der Waals surface area contributed by atoms with E-state index in [2.05, 4.69) is 5.32 Å². The molecule has 3 aliphatic heterocycles. The number of nitrogens with one attached hydrogen (secondary N) is 1. The van der Waals surface area contributed by atoms with Crippen LogP contribution < -0.4 is 5.32 Å². The number of nitrogens with zero attached hydrogens (tertiary/aromatic N) is 1. The first-order valence-electron chi connectivity index (χ1n) is 7.82. The number of aliphatic hydroxyl groups excluding tert-OH is 1. The molecule has 3 saturated heterocycles. The van der Waals surface area contributed by atoms with E-state index in [0.717, 1.165) is 12.8 Å². The van der Waals surface area contributed by atoms with E-state index in [1.807, 2.05) is 0 Å². The molecule has 0 saturated carbocycles. The van der Waals surface area contributed by atoms with Crippen molar-refractivity contribution in [2.24, 2.45) is 11.8 Å². The number of carbonyl (C=O) groups is 1. The Morgan fingerprint density at radius 3 is 3.13 bits per heavy atom. The molecule has 0 unspecified atom stereocenters. The first-order chi connectivity index (χ1) is 11.0. The summed E-state index contributed by atoms with van der Waals surface area (Å²) in [6.07, 6.45) is 2.02. The van der Waals surface area contributed by atoms with E-state index in [-0.39, 0.29) is 41.2 Å². The fraction of sp³-hybridized carbons (Fsp3) is 0.562. The SMILES string of the molecule is O=C(Nc1ccc(F)c(Cl)c1)N1C[C@@H]2[C@H](CO)[C@H]3CC[C@]2(C1)O3. The van der Waals surface area contributed by atoms with Crippen LogP contribution in [0.2, 0.25) is 5.02 Å². The summed E-state index contributed by atoms with van der Waals surface area (Å²) in [5.41, 5.74) is 0.162. The second kappa shape index (κ2) is 5.33. The van der Waals surface area contributed by atoms with E-state index in [4.69, 9.17) is 16.3 Å². The van der Waals surface area contributed by atoms with Crippen LogP contribution in [0.15, 0.2) is 18.2 Å². The maximum absolute atomic E-state index is 13.2. The molecular formula is C16H18ClFN2O3. The number of carbonyl (C=O) groups excluding carboxylic acids is 1. The van der Waals surface area contributed by atoms with Gasteiger partial charge in [0.15, 0.2) is 0 Å². The number of ether oxygens (including phenoxy) is 1. The van der Waals surface area contributed by atoms with Crippen LogP contribution in [0.5, 0.6) is 0 Å². The number of urea groups is 1. The predicted octanol–water partition coefficient (Wildman–Crippen LogP) is 2.48. The van der Waals surface area contributed by atoms with Crippen LogP contribution in [0.25, 0.3) is 0 Å². The molecule has 0 radical (unpaired) electrons. The Kier molecular flexibility index (Phi) is 3.51. The molecule has 1 aromatic rings. The molecule has 1 spiro atoms. The van der Waals surface area contributed by atoms with Gasteiger partial charge in [-0.05, 0) is 31.0 Å². The largest absolute Gasteiger partial charge is 0.396 e. The third kappa shape index (κ3) is 2.31. The predicted molar refractivity (Wildman–Crippen MR) is 82.9 cm³/mol. The molecule has 1 aromatic carbocycles. The van der Waals surface area contributed by atoms with E-state index < -0.39 is 5.82 Å². The van der Waals surface area contributed by atoms with E-state index in [9.17, 15) is 14.3 Å². The fourth-order valence-electron chi connectivity index (χ4n) is 4.37. The highest BCUT2D eigenvalue weighted by molar-refractivity contribution is 6.31. The minimum absolute atomic E-state index is 0.0259. The molecular weight excluding hydrogens is 323 g/mol. The van der Waals surface area contributed by atoms with Crippen LogP contribution in [0.1, 0.15) is 12.8 Å². The number of amides is 2. The Labute approximate surface area is 138 Å². The second-order valence-electron chi connectivity index (χ2n) is 6.65. The fourth-order valence-corrected chi connectivity index (χ4v) is 4.55. The normalized spacial score (nSPS) is 34.7. The standard InChI is InChI=1S/C16H18ClFN2O3/c17-12-5-9(1-2-13(12)18)19-15(22)20-6-11-10(7-21)14-3-4-16(11,8-20)23-14/h1-2,5,10-11,14,21H,3-4,6-8H2,(H,19,22)/t10-,11+,14+,16+/m0/s1. The summed E-state index contributed by atoms with van der Waals surface area (Å²) in [5, 5.41) is 12.3. The third-order valence-corrected chi connectivity index (χ3v) is 5.74. The van der Waals surface area contributed by atoms with Gasteiger partial charge in [-0.3, -0.25) is 0 Å². The number of benzene rings is 1. The summed E-state index contributed by atoms with van der Waals surface area (Å²) < 4.78 is 19.3. The van der Waals surface area contributed by atoms with Crippen molar-refractivity contribution in [1.82, 2.24) is 4.90 Å². The van der Waals surface area contributed by atoms with Crippen LogP contribution in [-0.2, 0) is 4.74 Å². The Hall–Kier alpha value is -1.37. The van der Waals surface area contributed by atoms with Crippen molar-refractivity contribution in [1.29, 1.82) is 0 Å². The zero-order valence-electron chi connectivity index (χ0n) is 12.5. The van der Waals surface area contributed by atoms with Crippen molar-refractivity contribution in [2.75, 3.05) is 25.0 Å². The molecule has 3 aliphatic rings. The summed E-state index contributed by atoms with van der Waals surface area (Å²) in [7, 11) is 0. The molecule has 3 heterocycles. The van der Waals surface area contributed by atoms with Gasteiger partial charge in [0, 0.05) is 30.7 Å². The van der Waals surface area contributed by atoms with Gasteiger partial charge in [-0.2, -0.15) is 0 Å². The summed E-state index contributed by atoms with van der Waals surface area (Å²) in [4.78, 5) is 14.2. The van der Waals surface area contributed by atoms with Crippen molar-refractivity contribution >= 4 is 23.3 Å². The van der Waals surface area contributed by atoms with Crippen LogP contribution in [0.3, 0.4) is 0 Å². The Bertz CT molecular complexity index is 658. The highest BCUT2D eigenvalue weighted by Gasteiger charge is 2.63. The average molecular weight is 341 g/mol. The van der Waals surface area contributed by atoms with Crippen molar-refractivity contribution in [3.8, 4) is 0 Å². The lowest BCUT2D eigenvalue weighted by molar-refractivity contribution is 0.00434. The van der Waals surface area contributed by atoms with Gasteiger partial charge in [-0.25, -0.2) is 9.18 Å². The van der Waals surface area contributed by atoms with Crippen molar-refractivity contribution in [3.63, 3.8) is 0 Å². The summed E-state index contributed by atoms with van der Waals surface area (Å²) in [5.74, 6) is -0.217. The topological polar surface area (TPSA) is 61.8 Å². The van der Waals surface area contributed by atoms with Gasteiger partial charge in [0.25, 0.3) is 0 Å². The Morgan fingerprint density at radius 2 is 2.39 bits per heavy atom. The zero-order chi connectivity index (χ0) is 16.2. The molecule has 2 bridgehead atoms. The summed E-state index contributed by atoms with van der Waals surface area (Å²) >= 11 is 5.74. The Balaban J connectivity index is 1.47.